The second kappa shape index (κ2) is 12.5. The van der Waals surface area contributed by atoms with E-state index in [1.165, 1.54) is 32.1 Å². The van der Waals surface area contributed by atoms with Gasteiger partial charge in [0.2, 0.25) is 0 Å². The van der Waals surface area contributed by atoms with Gasteiger partial charge in [0.15, 0.2) is 0 Å². The fraction of sp³-hybridized carbons (Fsp3) is 0.714. The molecule has 7 atom stereocenters. The molecule has 33 heavy (non-hydrogen) atoms. The van der Waals surface area contributed by atoms with Gasteiger partial charge < -0.3 is 27.3 Å². The molecule has 1 heterocycles. The fourth-order valence-corrected chi connectivity index (χ4v) is 6.08. The van der Waals surface area contributed by atoms with Crippen LogP contribution in [0.15, 0.2) is 36.9 Å². The predicted octanol–water partition coefficient (Wildman–Crippen LogP) is 4.67. The van der Waals surface area contributed by atoms with Crippen molar-refractivity contribution in [3.05, 3.63) is 48.0 Å². The van der Waals surface area contributed by atoms with Crippen molar-refractivity contribution in [1.82, 2.24) is 5.32 Å². The fourth-order valence-electron chi connectivity index (χ4n) is 6.08. The topological polar surface area (TPSA) is 99.3 Å². The van der Waals surface area contributed by atoms with E-state index in [2.05, 4.69) is 32.7 Å². The number of hydrogen-bond acceptors (Lipinski definition) is 5. The SMILES string of the molecule is C=CC(OC(N)C1CC(C2CCC(C(C)C(C)CC)CC2)CNC1N)c1ccc(CN)cc1. The van der Waals surface area contributed by atoms with Gasteiger partial charge in [0, 0.05) is 12.5 Å². The van der Waals surface area contributed by atoms with Crippen LogP contribution in [0.3, 0.4) is 0 Å². The average molecular weight is 457 g/mol. The maximum Gasteiger partial charge on any atom is 0.112 e. The summed E-state index contributed by atoms with van der Waals surface area (Å²) in [4.78, 5) is 0. The number of rotatable bonds is 10. The van der Waals surface area contributed by atoms with Crippen LogP contribution in [0, 0.1) is 35.5 Å². The average Bonchev–Trinajstić information content (AvgIpc) is 2.86. The quantitative estimate of drug-likeness (QED) is 0.303. The third-order valence-corrected chi connectivity index (χ3v) is 8.90. The molecular weight excluding hydrogens is 408 g/mol. The van der Waals surface area contributed by atoms with Crippen LogP contribution in [0.25, 0.3) is 0 Å². The summed E-state index contributed by atoms with van der Waals surface area (Å²) in [5, 5.41) is 3.55. The highest BCUT2D eigenvalue weighted by Crippen LogP contribution is 2.42. The normalized spacial score (nSPS) is 32.0. The van der Waals surface area contributed by atoms with Gasteiger partial charge in [0.25, 0.3) is 0 Å². The molecule has 3 rings (SSSR count). The Morgan fingerprint density at radius 3 is 2.36 bits per heavy atom. The summed E-state index contributed by atoms with van der Waals surface area (Å²) in [6.45, 7) is 12.7. The lowest BCUT2D eigenvalue weighted by molar-refractivity contribution is -0.0484. The molecular formula is C28H48N4O. The van der Waals surface area contributed by atoms with Crippen LogP contribution in [0.5, 0.6) is 0 Å². The molecule has 1 aromatic carbocycles. The van der Waals surface area contributed by atoms with Crippen molar-refractivity contribution in [2.75, 3.05) is 6.54 Å². The highest BCUT2D eigenvalue weighted by Gasteiger charge is 2.38. The maximum absolute atomic E-state index is 6.60. The van der Waals surface area contributed by atoms with E-state index in [9.17, 15) is 0 Å². The first-order valence-corrected chi connectivity index (χ1v) is 13.2. The van der Waals surface area contributed by atoms with Crippen molar-refractivity contribution < 1.29 is 4.74 Å². The van der Waals surface area contributed by atoms with Crippen LogP contribution in [-0.2, 0) is 11.3 Å². The maximum atomic E-state index is 6.60. The Morgan fingerprint density at radius 2 is 1.79 bits per heavy atom. The van der Waals surface area contributed by atoms with Gasteiger partial charge in [-0.05, 0) is 79.4 Å². The van der Waals surface area contributed by atoms with Gasteiger partial charge in [-0.15, -0.1) is 6.58 Å². The monoisotopic (exact) mass is 456 g/mol. The summed E-state index contributed by atoms with van der Waals surface area (Å²) in [6, 6.07) is 8.15. The van der Waals surface area contributed by atoms with Gasteiger partial charge in [-0.3, -0.25) is 0 Å². The lowest BCUT2D eigenvalue weighted by Crippen LogP contribution is -2.58. The second-order valence-electron chi connectivity index (χ2n) is 10.7. The summed E-state index contributed by atoms with van der Waals surface area (Å²) in [5.41, 5.74) is 20.9. The van der Waals surface area contributed by atoms with E-state index in [4.69, 9.17) is 21.9 Å². The molecule has 0 aromatic heterocycles. The van der Waals surface area contributed by atoms with Gasteiger partial charge in [-0.1, -0.05) is 57.5 Å². The minimum Gasteiger partial charge on any atom is -0.351 e. The highest BCUT2D eigenvalue weighted by molar-refractivity contribution is 5.26. The minimum absolute atomic E-state index is 0.0891. The predicted molar refractivity (Wildman–Crippen MR) is 138 cm³/mol. The molecule has 7 N–H and O–H groups in total. The Bertz CT molecular complexity index is 715. The van der Waals surface area contributed by atoms with Crippen LogP contribution < -0.4 is 22.5 Å². The summed E-state index contributed by atoms with van der Waals surface area (Å²) in [5.74, 6) is 4.01. The Morgan fingerprint density at radius 1 is 1.12 bits per heavy atom. The zero-order valence-corrected chi connectivity index (χ0v) is 21.1. The first-order chi connectivity index (χ1) is 15.9. The number of nitrogens with one attached hydrogen (secondary N) is 1. The molecule has 1 aliphatic heterocycles. The molecule has 0 radical (unpaired) electrons. The number of benzene rings is 1. The van der Waals surface area contributed by atoms with E-state index in [0.29, 0.717) is 12.5 Å². The van der Waals surface area contributed by atoms with Gasteiger partial charge in [0.1, 0.15) is 12.3 Å². The standard InChI is InChI=1S/C28H48N4O/c1-5-18(3)19(4)21-11-13-22(14-12-21)24-15-25(27(30)32-17-24)28(31)33-26(6-2)23-9-7-20(16-29)8-10-23/h6-10,18-19,21-22,24-28,32H,2,5,11-17,29-31H2,1,3-4H3. The zero-order chi connectivity index (χ0) is 24.0. The minimum atomic E-state index is -0.436. The van der Waals surface area contributed by atoms with Crippen LogP contribution in [0.1, 0.15) is 76.5 Å². The molecule has 5 heteroatoms. The van der Waals surface area contributed by atoms with Crippen LogP contribution in [0.4, 0.5) is 0 Å². The summed E-state index contributed by atoms with van der Waals surface area (Å²) < 4.78 is 6.30. The second-order valence-corrected chi connectivity index (χ2v) is 10.7. The van der Waals surface area contributed by atoms with Gasteiger partial charge in [0.05, 0.1) is 6.17 Å². The lowest BCUT2D eigenvalue weighted by atomic mass is 9.67. The molecule has 0 bridgehead atoms. The third-order valence-electron chi connectivity index (χ3n) is 8.90. The molecule has 0 amide bonds. The molecule has 2 fully saturated rings. The van der Waals surface area contributed by atoms with E-state index >= 15 is 0 Å². The molecule has 186 valence electrons. The van der Waals surface area contributed by atoms with Gasteiger partial charge in [-0.2, -0.15) is 0 Å². The number of hydrogen-bond donors (Lipinski definition) is 4. The van der Waals surface area contributed by atoms with Gasteiger partial charge in [-0.25, -0.2) is 0 Å². The van der Waals surface area contributed by atoms with Crippen molar-refractivity contribution in [1.29, 1.82) is 0 Å². The number of nitrogens with two attached hydrogens (primary N) is 3. The number of ether oxygens (including phenoxy) is 1. The zero-order valence-electron chi connectivity index (χ0n) is 21.1. The van der Waals surface area contributed by atoms with E-state index < -0.39 is 6.23 Å². The van der Waals surface area contributed by atoms with Crippen molar-refractivity contribution in [2.45, 2.75) is 84.3 Å². The molecule has 7 unspecified atom stereocenters. The van der Waals surface area contributed by atoms with Crippen molar-refractivity contribution in [3.63, 3.8) is 0 Å². The molecule has 1 saturated carbocycles. The van der Waals surface area contributed by atoms with Crippen molar-refractivity contribution in [3.8, 4) is 0 Å². The molecule has 0 spiro atoms. The van der Waals surface area contributed by atoms with Crippen molar-refractivity contribution >= 4 is 0 Å². The van der Waals surface area contributed by atoms with Gasteiger partial charge >= 0.3 is 0 Å². The number of piperidine rings is 1. The molecule has 1 aromatic rings. The molecule has 1 aliphatic carbocycles. The summed E-state index contributed by atoms with van der Waals surface area (Å²) in [7, 11) is 0. The first-order valence-electron chi connectivity index (χ1n) is 13.2. The summed E-state index contributed by atoms with van der Waals surface area (Å²) in [6.07, 6.45) is 8.70. The van der Waals surface area contributed by atoms with Crippen LogP contribution in [0.2, 0.25) is 0 Å². The molecule has 1 saturated heterocycles. The summed E-state index contributed by atoms with van der Waals surface area (Å²) >= 11 is 0. The Balaban J connectivity index is 1.56. The smallest absolute Gasteiger partial charge is 0.112 e. The van der Waals surface area contributed by atoms with Crippen molar-refractivity contribution in [2.24, 2.45) is 52.7 Å². The van der Waals surface area contributed by atoms with E-state index in [1.54, 1.807) is 0 Å². The van der Waals surface area contributed by atoms with Crippen LogP contribution >= 0.6 is 0 Å². The Kier molecular flexibility index (Phi) is 9.95. The molecule has 2 aliphatic rings. The Labute approximate surface area is 201 Å². The molecule has 5 nitrogen and oxygen atoms in total. The van der Waals surface area contributed by atoms with E-state index in [-0.39, 0.29) is 18.2 Å². The third kappa shape index (κ3) is 6.67. The largest absolute Gasteiger partial charge is 0.351 e. The first kappa shape index (κ1) is 26.4. The van der Waals surface area contributed by atoms with E-state index in [0.717, 1.165) is 47.8 Å². The Hall–Kier alpha value is -1.24. The van der Waals surface area contributed by atoms with E-state index in [1.807, 2.05) is 30.3 Å². The lowest BCUT2D eigenvalue weighted by Gasteiger charge is -2.44. The van der Waals surface area contributed by atoms with Crippen LogP contribution in [-0.4, -0.2) is 18.9 Å². The highest BCUT2D eigenvalue weighted by atomic mass is 16.5.